The molecule has 0 bridgehead atoms. The SMILES string of the molecule is CCC1(CC)CCN(c2c(F)cc(N)cc2F)C1. The first-order valence-corrected chi connectivity index (χ1v) is 6.51. The highest BCUT2D eigenvalue weighted by atomic mass is 19.1. The van der Waals surface area contributed by atoms with E-state index in [1.807, 2.05) is 4.90 Å². The molecule has 0 saturated carbocycles. The lowest BCUT2D eigenvalue weighted by Crippen LogP contribution is -2.27. The molecule has 0 aliphatic carbocycles. The zero-order valence-electron chi connectivity index (χ0n) is 11.0. The van der Waals surface area contributed by atoms with E-state index in [9.17, 15) is 8.78 Å². The number of anilines is 2. The molecule has 1 heterocycles. The summed E-state index contributed by atoms with van der Waals surface area (Å²) in [6.07, 6.45) is 3.07. The van der Waals surface area contributed by atoms with E-state index in [1.165, 1.54) is 12.1 Å². The summed E-state index contributed by atoms with van der Waals surface area (Å²) in [4.78, 5) is 1.82. The number of nitrogens with zero attached hydrogens (tertiary/aromatic N) is 1. The van der Waals surface area contributed by atoms with Crippen LogP contribution in [0.4, 0.5) is 20.2 Å². The van der Waals surface area contributed by atoms with Gasteiger partial charge in [0.1, 0.15) is 5.69 Å². The van der Waals surface area contributed by atoms with Crippen molar-refractivity contribution < 1.29 is 8.78 Å². The van der Waals surface area contributed by atoms with E-state index in [2.05, 4.69) is 13.8 Å². The maximum absolute atomic E-state index is 13.9. The van der Waals surface area contributed by atoms with Gasteiger partial charge in [-0.2, -0.15) is 0 Å². The molecule has 0 amide bonds. The molecule has 1 aromatic carbocycles. The van der Waals surface area contributed by atoms with Gasteiger partial charge in [0, 0.05) is 18.8 Å². The normalized spacial score (nSPS) is 18.3. The molecular weight excluding hydrogens is 234 g/mol. The Bertz CT molecular complexity index is 418. The van der Waals surface area contributed by atoms with E-state index in [-0.39, 0.29) is 16.8 Å². The largest absolute Gasteiger partial charge is 0.399 e. The van der Waals surface area contributed by atoms with Crippen LogP contribution in [0.3, 0.4) is 0 Å². The van der Waals surface area contributed by atoms with Crippen LogP contribution in [0.2, 0.25) is 0 Å². The molecule has 18 heavy (non-hydrogen) atoms. The number of halogens is 2. The van der Waals surface area contributed by atoms with Gasteiger partial charge in [-0.25, -0.2) is 8.78 Å². The van der Waals surface area contributed by atoms with Gasteiger partial charge >= 0.3 is 0 Å². The summed E-state index contributed by atoms with van der Waals surface area (Å²) < 4.78 is 27.7. The molecule has 1 aliphatic rings. The smallest absolute Gasteiger partial charge is 0.151 e. The van der Waals surface area contributed by atoms with Crippen LogP contribution < -0.4 is 10.6 Å². The third kappa shape index (κ3) is 2.16. The Kier molecular flexibility index (Phi) is 3.46. The fraction of sp³-hybridized carbons (Fsp3) is 0.571. The van der Waals surface area contributed by atoms with E-state index in [0.717, 1.165) is 25.8 Å². The van der Waals surface area contributed by atoms with Gasteiger partial charge in [0.15, 0.2) is 11.6 Å². The van der Waals surface area contributed by atoms with Gasteiger partial charge in [0.05, 0.1) is 0 Å². The van der Waals surface area contributed by atoms with Crippen molar-refractivity contribution in [1.82, 2.24) is 0 Å². The van der Waals surface area contributed by atoms with E-state index in [4.69, 9.17) is 5.73 Å². The highest BCUT2D eigenvalue weighted by Gasteiger charge is 2.36. The van der Waals surface area contributed by atoms with Crippen molar-refractivity contribution in [2.24, 2.45) is 5.41 Å². The summed E-state index contributed by atoms with van der Waals surface area (Å²) >= 11 is 0. The standard InChI is InChI=1S/C14H20F2N2/c1-3-14(4-2)5-6-18(9-14)13-11(15)7-10(17)8-12(13)16/h7-8H,3-6,9,17H2,1-2H3. The van der Waals surface area contributed by atoms with Crippen molar-refractivity contribution in [3.63, 3.8) is 0 Å². The van der Waals surface area contributed by atoms with Crippen LogP contribution in [-0.4, -0.2) is 13.1 Å². The molecule has 1 saturated heterocycles. The Morgan fingerprint density at radius 2 is 1.78 bits per heavy atom. The second kappa shape index (κ2) is 4.75. The van der Waals surface area contributed by atoms with E-state index in [0.29, 0.717) is 6.54 Å². The molecule has 4 heteroatoms. The monoisotopic (exact) mass is 254 g/mol. The summed E-state index contributed by atoms with van der Waals surface area (Å²) in [5.41, 5.74) is 5.84. The Hall–Kier alpha value is -1.32. The zero-order chi connectivity index (χ0) is 13.3. The quantitative estimate of drug-likeness (QED) is 0.836. The van der Waals surface area contributed by atoms with Crippen LogP contribution in [0.15, 0.2) is 12.1 Å². The lowest BCUT2D eigenvalue weighted by molar-refractivity contribution is 0.301. The minimum atomic E-state index is -0.560. The van der Waals surface area contributed by atoms with Gasteiger partial charge < -0.3 is 10.6 Å². The van der Waals surface area contributed by atoms with E-state index < -0.39 is 11.6 Å². The minimum Gasteiger partial charge on any atom is -0.399 e. The third-order valence-electron chi connectivity index (χ3n) is 4.29. The van der Waals surface area contributed by atoms with Gasteiger partial charge in [-0.05, 0) is 36.8 Å². The topological polar surface area (TPSA) is 29.3 Å². The molecule has 100 valence electrons. The predicted octanol–water partition coefficient (Wildman–Crippen LogP) is 3.56. The highest BCUT2D eigenvalue weighted by molar-refractivity contribution is 5.56. The second-order valence-corrected chi connectivity index (χ2v) is 5.21. The fourth-order valence-electron chi connectivity index (χ4n) is 2.84. The van der Waals surface area contributed by atoms with Crippen LogP contribution in [0.5, 0.6) is 0 Å². The first-order chi connectivity index (χ1) is 8.51. The molecule has 2 N–H and O–H groups in total. The van der Waals surface area contributed by atoms with Crippen molar-refractivity contribution >= 4 is 11.4 Å². The van der Waals surface area contributed by atoms with Crippen LogP contribution in [0.25, 0.3) is 0 Å². The Labute approximate surface area is 107 Å². The maximum atomic E-state index is 13.9. The van der Waals surface area contributed by atoms with Gasteiger partial charge in [-0.15, -0.1) is 0 Å². The van der Waals surface area contributed by atoms with Crippen molar-refractivity contribution in [3.05, 3.63) is 23.8 Å². The van der Waals surface area contributed by atoms with Crippen LogP contribution in [-0.2, 0) is 0 Å². The average molecular weight is 254 g/mol. The number of rotatable bonds is 3. The lowest BCUT2D eigenvalue weighted by Gasteiger charge is -2.27. The Balaban J connectivity index is 2.30. The van der Waals surface area contributed by atoms with E-state index in [1.54, 1.807) is 0 Å². The first-order valence-electron chi connectivity index (χ1n) is 6.51. The summed E-state index contributed by atoms with van der Waals surface area (Å²) in [6, 6.07) is 2.38. The summed E-state index contributed by atoms with van der Waals surface area (Å²) in [6.45, 7) is 5.71. The predicted molar refractivity (Wildman–Crippen MR) is 70.6 cm³/mol. The van der Waals surface area contributed by atoms with Gasteiger partial charge in [0.25, 0.3) is 0 Å². The third-order valence-corrected chi connectivity index (χ3v) is 4.29. The first kappa shape index (κ1) is 13.1. The molecule has 0 aromatic heterocycles. The lowest BCUT2D eigenvalue weighted by atomic mass is 9.82. The summed E-state index contributed by atoms with van der Waals surface area (Å²) in [5, 5.41) is 0. The van der Waals surface area contributed by atoms with Gasteiger partial charge in [0.2, 0.25) is 0 Å². The number of hydrogen-bond donors (Lipinski definition) is 1. The van der Waals surface area contributed by atoms with Crippen molar-refractivity contribution in [2.75, 3.05) is 23.7 Å². The Morgan fingerprint density at radius 1 is 1.22 bits per heavy atom. The molecular formula is C14H20F2N2. The van der Waals surface area contributed by atoms with Crippen molar-refractivity contribution in [1.29, 1.82) is 0 Å². The van der Waals surface area contributed by atoms with E-state index >= 15 is 0 Å². The van der Waals surface area contributed by atoms with Crippen molar-refractivity contribution in [3.8, 4) is 0 Å². The van der Waals surface area contributed by atoms with Crippen molar-refractivity contribution in [2.45, 2.75) is 33.1 Å². The Morgan fingerprint density at radius 3 is 2.22 bits per heavy atom. The average Bonchev–Trinajstić information content (AvgIpc) is 2.73. The summed E-state index contributed by atoms with van der Waals surface area (Å²) in [7, 11) is 0. The molecule has 2 nitrogen and oxygen atoms in total. The molecule has 1 aromatic rings. The highest BCUT2D eigenvalue weighted by Crippen LogP contribution is 2.40. The van der Waals surface area contributed by atoms with Crippen LogP contribution in [0.1, 0.15) is 33.1 Å². The second-order valence-electron chi connectivity index (χ2n) is 5.21. The number of nitrogens with two attached hydrogens (primary N) is 1. The zero-order valence-corrected chi connectivity index (χ0v) is 11.0. The molecule has 0 radical (unpaired) electrons. The minimum absolute atomic E-state index is 0.0768. The molecule has 1 fully saturated rings. The molecule has 0 spiro atoms. The fourth-order valence-corrected chi connectivity index (χ4v) is 2.84. The molecule has 1 aliphatic heterocycles. The van der Waals surface area contributed by atoms with Gasteiger partial charge in [-0.3, -0.25) is 0 Å². The van der Waals surface area contributed by atoms with Crippen LogP contribution in [0, 0.1) is 17.0 Å². The number of nitrogen functional groups attached to an aromatic ring is 1. The van der Waals surface area contributed by atoms with Crippen LogP contribution >= 0.6 is 0 Å². The molecule has 0 atom stereocenters. The molecule has 0 unspecified atom stereocenters. The molecule has 2 rings (SSSR count). The summed E-state index contributed by atoms with van der Waals surface area (Å²) in [5.74, 6) is -1.12. The number of benzene rings is 1. The maximum Gasteiger partial charge on any atom is 0.151 e. The van der Waals surface area contributed by atoms with Gasteiger partial charge in [-0.1, -0.05) is 13.8 Å². The number of hydrogen-bond acceptors (Lipinski definition) is 2.